The molecule has 0 spiro atoms. The van der Waals surface area contributed by atoms with Gasteiger partial charge in [0.15, 0.2) is 5.65 Å². The highest BCUT2D eigenvalue weighted by atomic mass is 32.2. The predicted molar refractivity (Wildman–Crippen MR) is 126 cm³/mol. The highest BCUT2D eigenvalue weighted by Crippen LogP contribution is 2.31. The second-order valence-corrected chi connectivity index (χ2v) is 9.07. The molecule has 2 aromatic carbocycles. The highest BCUT2D eigenvalue weighted by molar-refractivity contribution is 8.00. The number of fused-ring (bicyclic) bond motifs is 3. The smallest absolute Gasteiger partial charge is 0.234 e. The molecule has 0 aliphatic heterocycles. The van der Waals surface area contributed by atoms with Crippen LogP contribution in [0.15, 0.2) is 59.8 Å². The molecule has 0 saturated heterocycles. The van der Waals surface area contributed by atoms with Crippen LogP contribution in [0.4, 0.5) is 0 Å². The number of carbonyl (C=O) groups is 1. The van der Waals surface area contributed by atoms with Gasteiger partial charge < -0.3 is 9.88 Å². The normalized spacial score (nSPS) is 13.6. The van der Waals surface area contributed by atoms with Gasteiger partial charge in [-0.25, -0.2) is 4.98 Å². The summed E-state index contributed by atoms with van der Waals surface area (Å²) in [4.78, 5) is 17.7. The molecule has 0 unspecified atom stereocenters. The Morgan fingerprint density at radius 3 is 2.45 bits per heavy atom. The number of aromatic nitrogens is 4. The number of hydrogen-bond donors (Lipinski definition) is 1. The van der Waals surface area contributed by atoms with Gasteiger partial charge in [-0.05, 0) is 38.8 Å². The molecule has 0 aliphatic carbocycles. The minimum absolute atomic E-state index is 0.0167. The van der Waals surface area contributed by atoms with E-state index in [0.29, 0.717) is 11.6 Å². The topological polar surface area (TPSA) is 72.7 Å². The van der Waals surface area contributed by atoms with Gasteiger partial charge >= 0.3 is 0 Å². The van der Waals surface area contributed by atoms with E-state index in [2.05, 4.69) is 40.0 Å². The molecular formula is C24H27N5OS. The summed E-state index contributed by atoms with van der Waals surface area (Å²) < 4.78 is 2.18. The number of carbonyl (C=O) groups excluding carboxylic acids is 1. The molecule has 160 valence electrons. The molecule has 0 aliphatic rings. The Morgan fingerprint density at radius 1 is 1.03 bits per heavy atom. The van der Waals surface area contributed by atoms with Gasteiger partial charge in [0, 0.05) is 11.4 Å². The highest BCUT2D eigenvalue weighted by Gasteiger charge is 2.23. The third-order valence-corrected chi connectivity index (χ3v) is 6.60. The zero-order chi connectivity index (χ0) is 22.0. The SMILES string of the molecule is CC[C@@H](Sc1nnc2c3ccccc3n(C(C)C)c2n1)C(=O)N[C@H](C)c1ccccc1. The lowest BCUT2D eigenvalue weighted by atomic mass is 10.1. The minimum Gasteiger partial charge on any atom is -0.349 e. The molecular weight excluding hydrogens is 406 g/mol. The first-order chi connectivity index (χ1) is 15.0. The van der Waals surface area contributed by atoms with Crippen LogP contribution in [0.1, 0.15) is 51.8 Å². The van der Waals surface area contributed by atoms with Crippen molar-refractivity contribution in [2.24, 2.45) is 0 Å². The second kappa shape index (κ2) is 9.06. The van der Waals surface area contributed by atoms with E-state index in [0.717, 1.165) is 27.6 Å². The largest absolute Gasteiger partial charge is 0.349 e. The van der Waals surface area contributed by atoms with Gasteiger partial charge in [0.1, 0.15) is 5.52 Å². The maximum atomic E-state index is 12.9. The number of nitrogens with one attached hydrogen (secondary N) is 1. The van der Waals surface area contributed by atoms with E-state index < -0.39 is 0 Å². The van der Waals surface area contributed by atoms with Crippen molar-refractivity contribution in [3.63, 3.8) is 0 Å². The molecule has 6 nitrogen and oxygen atoms in total. The molecule has 31 heavy (non-hydrogen) atoms. The van der Waals surface area contributed by atoms with Gasteiger partial charge in [-0.3, -0.25) is 4.79 Å². The first-order valence-electron chi connectivity index (χ1n) is 10.6. The number of hydrogen-bond acceptors (Lipinski definition) is 5. The standard InChI is InChI=1S/C24H27N5OS/c1-5-20(23(30)25-16(4)17-11-7-6-8-12-17)31-24-26-22-21(27-28-24)18-13-9-10-14-19(18)29(22)15(2)3/h6-16,20H,5H2,1-4H3,(H,25,30)/t16-,20-/m1/s1. The molecule has 7 heteroatoms. The summed E-state index contributed by atoms with van der Waals surface area (Å²) in [6, 6.07) is 18.3. The summed E-state index contributed by atoms with van der Waals surface area (Å²) in [5, 5.41) is 13.2. The van der Waals surface area contributed by atoms with Gasteiger partial charge in [0.05, 0.1) is 16.8 Å². The van der Waals surface area contributed by atoms with Gasteiger partial charge in [-0.1, -0.05) is 67.2 Å². The Bertz CT molecular complexity index is 1200. The summed E-state index contributed by atoms with van der Waals surface area (Å²) >= 11 is 1.37. The van der Waals surface area contributed by atoms with E-state index in [1.54, 1.807) is 0 Å². The van der Waals surface area contributed by atoms with Crippen LogP contribution in [0.2, 0.25) is 0 Å². The third-order valence-electron chi connectivity index (χ3n) is 5.38. The van der Waals surface area contributed by atoms with E-state index >= 15 is 0 Å². The van der Waals surface area contributed by atoms with Crippen molar-refractivity contribution in [2.45, 2.75) is 56.6 Å². The van der Waals surface area contributed by atoms with Crippen LogP contribution >= 0.6 is 11.8 Å². The van der Waals surface area contributed by atoms with Crippen molar-refractivity contribution < 1.29 is 4.79 Å². The van der Waals surface area contributed by atoms with Crippen LogP contribution in [-0.2, 0) is 4.79 Å². The van der Waals surface area contributed by atoms with Crippen molar-refractivity contribution >= 4 is 39.7 Å². The Kier molecular flexibility index (Phi) is 6.23. The molecule has 0 radical (unpaired) electrons. The molecule has 2 aromatic heterocycles. The Balaban J connectivity index is 1.60. The van der Waals surface area contributed by atoms with Crippen molar-refractivity contribution in [3.05, 3.63) is 60.2 Å². The molecule has 1 amide bonds. The lowest BCUT2D eigenvalue weighted by Crippen LogP contribution is -2.34. The molecule has 1 N–H and O–H groups in total. The summed E-state index contributed by atoms with van der Waals surface area (Å²) in [5.41, 5.74) is 3.78. The Morgan fingerprint density at radius 2 is 1.74 bits per heavy atom. The van der Waals surface area contributed by atoms with Crippen LogP contribution < -0.4 is 5.32 Å². The van der Waals surface area contributed by atoms with Crippen molar-refractivity contribution in [2.75, 3.05) is 0 Å². The van der Waals surface area contributed by atoms with Gasteiger partial charge in [-0.2, -0.15) is 0 Å². The monoisotopic (exact) mass is 433 g/mol. The summed E-state index contributed by atoms with van der Waals surface area (Å²) in [6.07, 6.45) is 0.673. The maximum absolute atomic E-state index is 12.9. The average Bonchev–Trinajstić information content (AvgIpc) is 3.11. The number of thioether (sulfide) groups is 1. The maximum Gasteiger partial charge on any atom is 0.234 e. The summed E-state index contributed by atoms with van der Waals surface area (Å²) in [6.45, 7) is 8.26. The Hall–Kier alpha value is -2.93. The fraction of sp³-hybridized carbons (Fsp3) is 0.333. The molecule has 0 fully saturated rings. The van der Waals surface area contributed by atoms with Crippen LogP contribution in [0.25, 0.3) is 22.1 Å². The summed E-state index contributed by atoms with van der Waals surface area (Å²) in [7, 11) is 0. The van der Waals surface area contributed by atoms with E-state index in [1.807, 2.05) is 62.4 Å². The fourth-order valence-electron chi connectivity index (χ4n) is 3.80. The lowest BCUT2D eigenvalue weighted by Gasteiger charge is -2.19. The van der Waals surface area contributed by atoms with Crippen LogP contribution in [0.3, 0.4) is 0 Å². The van der Waals surface area contributed by atoms with Crippen LogP contribution in [-0.4, -0.2) is 30.9 Å². The fourth-order valence-corrected chi connectivity index (χ4v) is 4.62. The number of nitrogens with zero attached hydrogens (tertiary/aromatic N) is 4. The molecule has 2 atom stereocenters. The Labute approximate surface area is 186 Å². The van der Waals surface area contributed by atoms with E-state index in [9.17, 15) is 4.79 Å². The van der Waals surface area contributed by atoms with Gasteiger partial charge in [0.25, 0.3) is 0 Å². The lowest BCUT2D eigenvalue weighted by molar-refractivity contribution is -0.121. The van der Waals surface area contributed by atoms with Crippen LogP contribution in [0.5, 0.6) is 0 Å². The minimum atomic E-state index is -0.290. The quantitative estimate of drug-likeness (QED) is 0.400. The first kappa shape index (κ1) is 21.3. The van der Waals surface area contributed by atoms with Gasteiger partial charge in [0.2, 0.25) is 11.1 Å². The molecule has 4 aromatic rings. The summed E-state index contributed by atoms with van der Waals surface area (Å²) in [5.74, 6) is -0.0167. The van der Waals surface area contributed by atoms with Crippen LogP contribution in [0, 0.1) is 0 Å². The first-order valence-corrected chi connectivity index (χ1v) is 11.5. The van der Waals surface area contributed by atoms with Crippen molar-refractivity contribution in [3.8, 4) is 0 Å². The molecule has 0 bridgehead atoms. The molecule has 4 rings (SSSR count). The van der Waals surface area contributed by atoms with E-state index in [4.69, 9.17) is 4.98 Å². The molecule has 0 saturated carbocycles. The molecule has 2 heterocycles. The number of rotatable bonds is 7. The van der Waals surface area contributed by atoms with Crippen molar-refractivity contribution in [1.29, 1.82) is 0 Å². The predicted octanol–water partition coefficient (Wildman–Crippen LogP) is 5.31. The number of amides is 1. The zero-order valence-electron chi connectivity index (χ0n) is 18.2. The van der Waals surface area contributed by atoms with E-state index in [1.165, 1.54) is 11.8 Å². The average molecular weight is 434 g/mol. The second-order valence-electron chi connectivity index (χ2n) is 7.90. The van der Waals surface area contributed by atoms with E-state index in [-0.39, 0.29) is 23.2 Å². The number of para-hydroxylation sites is 1. The van der Waals surface area contributed by atoms with Crippen molar-refractivity contribution in [1.82, 2.24) is 25.1 Å². The third kappa shape index (κ3) is 4.28. The number of benzene rings is 2. The zero-order valence-corrected chi connectivity index (χ0v) is 19.1. The van der Waals surface area contributed by atoms with Gasteiger partial charge in [-0.15, -0.1) is 10.2 Å².